The van der Waals surface area contributed by atoms with Gasteiger partial charge < -0.3 is 0 Å². The van der Waals surface area contributed by atoms with Gasteiger partial charge in [0.05, 0.1) is 0 Å². The van der Waals surface area contributed by atoms with Gasteiger partial charge >= 0.3 is 0 Å². The number of pyridine rings is 1. The lowest BCUT2D eigenvalue weighted by molar-refractivity contribution is 0.934. The largest absolute Gasteiger partial charge is 0.295 e. The summed E-state index contributed by atoms with van der Waals surface area (Å²) < 4.78 is 2.14. The van der Waals surface area contributed by atoms with E-state index in [9.17, 15) is 0 Å². The summed E-state index contributed by atoms with van der Waals surface area (Å²) in [6.07, 6.45) is 4.62. The molecule has 0 saturated heterocycles. The van der Waals surface area contributed by atoms with Crippen LogP contribution in [0.3, 0.4) is 0 Å². The van der Waals surface area contributed by atoms with Gasteiger partial charge in [-0.2, -0.15) is 0 Å². The first-order valence-corrected chi connectivity index (χ1v) is 7.33. The van der Waals surface area contributed by atoms with Gasteiger partial charge in [0.2, 0.25) is 0 Å². The maximum atomic E-state index is 5.99. The van der Waals surface area contributed by atoms with Crippen molar-refractivity contribution in [1.29, 1.82) is 0 Å². The smallest absolute Gasteiger partial charge is 0.163 e. The molecule has 0 saturated carbocycles. The van der Waals surface area contributed by atoms with E-state index in [-0.39, 0.29) is 0 Å². The molecule has 0 aliphatic carbocycles. The van der Waals surface area contributed by atoms with Crippen molar-refractivity contribution >= 4 is 11.6 Å². The van der Waals surface area contributed by atoms with Crippen LogP contribution in [0.15, 0.2) is 48.8 Å². The molecule has 0 amide bonds. The normalized spacial score (nSPS) is 10.8. The highest BCUT2D eigenvalue weighted by Crippen LogP contribution is 2.26. The van der Waals surface area contributed by atoms with E-state index in [1.54, 1.807) is 6.20 Å². The number of hydrogen-bond acceptors (Lipinski definition) is 2. The Morgan fingerprint density at radius 2 is 1.86 bits per heavy atom. The fourth-order valence-corrected chi connectivity index (χ4v) is 2.53. The van der Waals surface area contributed by atoms with Gasteiger partial charge in [0.1, 0.15) is 5.69 Å². The van der Waals surface area contributed by atoms with Crippen LogP contribution in [0.2, 0.25) is 5.02 Å². The number of nitrogens with zero attached hydrogens (tertiary/aromatic N) is 3. The highest BCUT2D eigenvalue weighted by atomic mass is 35.5. The number of benzene rings is 1. The summed E-state index contributed by atoms with van der Waals surface area (Å²) in [6, 6.07) is 11.8. The number of rotatable bonds is 3. The first-order chi connectivity index (χ1) is 10.2. The molecule has 0 radical (unpaired) electrons. The molecule has 3 rings (SSSR count). The second kappa shape index (κ2) is 5.70. The van der Waals surface area contributed by atoms with Gasteiger partial charge in [-0.3, -0.25) is 9.55 Å². The Hall–Kier alpha value is -2.13. The molecule has 2 aromatic heterocycles. The molecule has 106 valence electrons. The minimum Gasteiger partial charge on any atom is -0.295 e. The minimum atomic E-state index is 0.729. The number of aryl methyl sites for hydroxylation is 2. The molecular weight excluding hydrogens is 282 g/mol. The van der Waals surface area contributed by atoms with Crippen molar-refractivity contribution in [2.24, 2.45) is 0 Å². The average Bonchev–Trinajstić information content (AvgIpc) is 2.92. The summed E-state index contributed by atoms with van der Waals surface area (Å²) in [5, 5.41) is 0.729. The van der Waals surface area contributed by atoms with Gasteiger partial charge in [0, 0.05) is 28.8 Å². The predicted octanol–water partition coefficient (Wildman–Crippen LogP) is 4.46. The number of hydrogen-bond donors (Lipinski definition) is 0. The van der Waals surface area contributed by atoms with Gasteiger partial charge in [0.25, 0.3) is 0 Å². The van der Waals surface area contributed by atoms with Crippen molar-refractivity contribution in [3.8, 4) is 17.2 Å². The Kier molecular flexibility index (Phi) is 3.76. The summed E-state index contributed by atoms with van der Waals surface area (Å²) in [4.78, 5) is 9.07. The molecule has 0 spiro atoms. The lowest BCUT2D eigenvalue weighted by Crippen LogP contribution is -2.03. The first kappa shape index (κ1) is 13.8. The molecule has 0 aliphatic heterocycles. The number of aromatic nitrogens is 3. The van der Waals surface area contributed by atoms with Gasteiger partial charge in [0.15, 0.2) is 5.82 Å². The fraction of sp³-hybridized carbons (Fsp3) is 0.176. The van der Waals surface area contributed by atoms with Crippen LogP contribution in [0, 0.1) is 6.92 Å². The van der Waals surface area contributed by atoms with E-state index >= 15 is 0 Å². The molecule has 0 aliphatic rings. The second-order valence-corrected chi connectivity index (χ2v) is 5.34. The van der Waals surface area contributed by atoms with E-state index < -0.39 is 0 Å². The van der Waals surface area contributed by atoms with E-state index in [2.05, 4.69) is 34.4 Å². The minimum absolute atomic E-state index is 0.729. The SMILES string of the molecule is CCc1cnc(-c2ncccc2C)n1-c1ccc(Cl)cc1. The zero-order valence-corrected chi connectivity index (χ0v) is 12.8. The molecule has 0 N–H and O–H groups in total. The van der Waals surface area contributed by atoms with Gasteiger partial charge in [-0.1, -0.05) is 24.6 Å². The van der Waals surface area contributed by atoms with E-state index in [1.165, 1.54) is 0 Å². The molecule has 0 bridgehead atoms. The quantitative estimate of drug-likeness (QED) is 0.714. The van der Waals surface area contributed by atoms with Crippen molar-refractivity contribution in [2.75, 3.05) is 0 Å². The molecular formula is C17H16ClN3. The average molecular weight is 298 g/mol. The number of halogens is 1. The van der Waals surface area contributed by atoms with Crippen LogP contribution in [0.4, 0.5) is 0 Å². The Balaban J connectivity index is 2.22. The molecule has 4 heteroatoms. The summed E-state index contributed by atoms with van der Waals surface area (Å²) in [7, 11) is 0. The van der Waals surface area contributed by atoms with Crippen LogP contribution in [0.25, 0.3) is 17.2 Å². The van der Waals surface area contributed by atoms with E-state index in [1.807, 2.05) is 36.5 Å². The third-order valence-corrected chi connectivity index (χ3v) is 3.76. The molecule has 1 aromatic carbocycles. The molecule has 0 unspecified atom stereocenters. The highest BCUT2D eigenvalue weighted by Gasteiger charge is 2.15. The van der Waals surface area contributed by atoms with Crippen LogP contribution in [-0.2, 0) is 6.42 Å². The fourth-order valence-electron chi connectivity index (χ4n) is 2.40. The van der Waals surface area contributed by atoms with Gasteiger partial charge in [-0.25, -0.2) is 4.98 Å². The Morgan fingerprint density at radius 3 is 2.52 bits per heavy atom. The summed E-state index contributed by atoms with van der Waals surface area (Å²) in [5.41, 5.74) is 4.22. The molecule has 0 fully saturated rings. The number of imidazole rings is 1. The van der Waals surface area contributed by atoms with Gasteiger partial charge in [-0.15, -0.1) is 0 Å². The zero-order chi connectivity index (χ0) is 14.8. The van der Waals surface area contributed by atoms with Crippen LogP contribution in [0.1, 0.15) is 18.2 Å². The third kappa shape index (κ3) is 2.57. The van der Waals surface area contributed by atoms with Crippen molar-refractivity contribution < 1.29 is 0 Å². The molecule has 3 aromatic rings. The highest BCUT2D eigenvalue weighted by molar-refractivity contribution is 6.30. The van der Waals surface area contributed by atoms with Crippen molar-refractivity contribution in [3.63, 3.8) is 0 Å². The Bertz CT molecular complexity index is 760. The van der Waals surface area contributed by atoms with Crippen LogP contribution >= 0.6 is 11.6 Å². The predicted molar refractivity (Wildman–Crippen MR) is 85.9 cm³/mol. The lowest BCUT2D eigenvalue weighted by Gasteiger charge is -2.12. The third-order valence-electron chi connectivity index (χ3n) is 3.50. The maximum absolute atomic E-state index is 5.99. The van der Waals surface area contributed by atoms with Crippen LogP contribution in [-0.4, -0.2) is 14.5 Å². The standard InChI is InChI=1S/C17H16ClN3/c1-3-14-11-20-17(16-12(2)5-4-10-19-16)21(14)15-8-6-13(18)7-9-15/h4-11H,3H2,1-2H3. The van der Waals surface area contributed by atoms with E-state index in [0.29, 0.717) is 0 Å². The monoisotopic (exact) mass is 297 g/mol. The Morgan fingerprint density at radius 1 is 1.10 bits per heavy atom. The van der Waals surface area contributed by atoms with Crippen LogP contribution < -0.4 is 0 Å². The van der Waals surface area contributed by atoms with Crippen LogP contribution in [0.5, 0.6) is 0 Å². The molecule has 21 heavy (non-hydrogen) atoms. The maximum Gasteiger partial charge on any atom is 0.163 e. The molecule has 2 heterocycles. The lowest BCUT2D eigenvalue weighted by atomic mass is 10.2. The van der Waals surface area contributed by atoms with Gasteiger partial charge in [-0.05, 0) is 49.2 Å². The molecule has 0 atom stereocenters. The second-order valence-electron chi connectivity index (χ2n) is 4.91. The molecule has 3 nitrogen and oxygen atoms in total. The Labute approximate surface area is 129 Å². The summed E-state index contributed by atoms with van der Waals surface area (Å²) >= 11 is 5.99. The van der Waals surface area contributed by atoms with Crippen molar-refractivity contribution in [2.45, 2.75) is 20.3 Å². The topological polar surface area (TPSA) is 30.7 Å². The van der Waals surface area contributed by atoms with Crippen molar-refractivity contribution in [1.82, 2.24) is 14.5 Å². The summed E-state index contributed by atoms with van der Waals surface area (Å²) in [6.45, 7) is 4.17. The summed E-state index contributed by atoms with van der Waals surface area (Å²) in [5.74, 6) is 0.868. The van der Waals surface area contributed by atoms with E-state index in [4.69, 9.17) is 11.6 Å². The first-order valence-electron chi connectivity index (χ1n) is 6.95. The zero-order valence-electron chi connectivity index (χ0n) is 12.0. The van der Waals surface area contributed by atoms with E-state index in [0.717, 1.165) is 39.9 Å². The van der Waals surface area contributed by atoms with Crippen molar-refractivity contribution in [3.05, 3.63) is 65.1 Å².